The fourth-order valence-corrected chi connectivity index (χ4v) is 3.99. The number of rotatable bonds is 6. The van der Waals surface area contributed by atoms with E-state index in [-0.39, 0.29) is 17.7 Å². The minimum Gasteiger partial charge on any atom is -0.356 e. The van der Waals surface area contributed by atoms with Gasteiger partial charge >= 0.3 is 0 Å². The quantitative estimate of drug-likeness (QED) is 0.721. The maximum absolute atomic E-state index is 12.4. The highest BCUT2D eigenvalue weighted by atomic mass is 32.2. The zero-order valence-corrected chi connectivity index (χ0v) is 14.4. The van der Waals surface area contributed by atoms with Crippen molar-refractivity contribution in [1.29, 1.82) is 0 Å². The molecule has 2 saturated heterocycles. The summed E-state index contributed by atoms with van der Waals surface area (Å²) in [5.41, 5.74) is 0. The van der Waals surface area contributed by atoms with E-state index in [2.05, 4.69) is 17.6 Å². The number of hydrogen-bond acceptors (Lipinski definition) is 4. The molecule has 2 atom stereocenters. The maximum atomic E-state index is 12.4. The van der Waals surface area contributed by atoms with Gasteiger partial charge in [-0.05, 0) is 19.3 Å². The highest BCUT2D eigenvalue weighted by Crippen LogP contribution is 2.19. The van der Waals surface area contributed by atoms with Crippen molar-refractivity contribution in [3.05, 3.63) is 0 Å². The largest absolute Gasteiger partial charge is 0.356 e. The van der Waals surface area contributed by atoms with Gasteiger partial charge in [0.05, 0.1) is 5.92 Å². The van der Waals surface area contributed by atoms with Crippen molar-refractivity contribution in [3.8, 4) is 0 Å². The molecule has 0 radical (unpaired) electrons. The number of thioether (sulfide) groups is 1. The van der Waals surface area contributed by atoms with Gasteiger partial charge in [0.1, 0.15) is 0 Å². The molecule has 0 saturated carbocycles. The number of piperidine rings is 1. The number of likely N-dealkylation sites (tertiary alicyclic amines) is 1. The lowest BCUT2D eigenvalue weighted by atomic mass is 9.96. The van der Waals surface area contributed by atoms with Crippen LogP contribution in [0.4, 0.5) is 0 Å². The van der Waals surface area contributed by atoms with E-state index in [9.17, 15) is 9.59 Å². The topological polar surface area (TPSA) is 61.4 Å². The van der Waals surface area contributed by atoms with Crippen LogP contribution in [0.3, 0.4) is 0 Å². The number of nitrogens with one attached hydrogen (secondary N) is 2. The molecule has 6 heteroatoms. The van der Waals surface area contributed by atoms with E-state index >= 15 is 0 Å². The molecule has 126 valence electrons. The molecule has 2 heterocycles. The van der Waals surface area contributed by atoms with Gasteiger partial charge in [0.25, 0.3) is 0 Å². The Kier molecular flexibility index (Phi) is 7.52. The summed E-state index contributed by atoms with van der Waals surface area (Å²) in [7, 11) is 0. The lowest BCUT2D eigenvalue weighted by molar-refractivity contribution is -0.136. The van der Waals surface area contributed by atoms with Gasteiger partial charge in [0.2, 0.25) is 11.8 Å². The Labute approximate surface area is 138 Å². The highest BCUT2D eigenvalue weighted by Gasteiger charge is 2.29. The fourth-order valence-electron chi connectivity index (χ4n) is 3.04. The van der Waals surface area contributed by atoms with Crippen molar-refractivity contribution < 1.29 is 9.59 Å². The van der Waals surface area contributed by atoms with Crippen molar-refractivity contribution in [2.45, 2.75) is 45.1 Å². The average molecular weight is 327 g/mol. The number of carbonyl (C=O) groups excluding carboxylic acids is 2. The standard InChI is InChI=1S/C16H29N3O2S/c1-2-3-6-18-16(21)13-5-4-8-19(11-13)15(20)10-14-12-22-9-7-17-14/h13-14,17H,2-12H2,1H3,(H,18,21). The number of nitrogens with zero attached hydrogens (tertiary/aromatic N) is 1. The van der Waals surface area contributed by atoms with Gasteiger partial charge in [-0.3, -0.25) is 9.59 Å². The molecule has 2 aliphatic heterocycles. The Morgan fingerprint density at radius 3 is 3.00 bits per heavy atom. The molecule has 2 aliphatic rings. The predicted molar refractivity (Wildman–Crippen MR) is 91.0 cm³/mol. The van der Waals surface area contributed by atoms with Crippen LogP contribution in [-0.4, -0.2) is 60.4 Å². The summed E-state index contributed by atoms with van der Waals surface area (Å²) in [6.07, 6.45) is 4.51. The van der Waals surface area contributed by atoms with Crippen molar-refractivity contribution in [2.75, 3.05) is 37.7 Å². The first-order valence-electron chi connectivity index (χ1n) is 8.57. The lowest BCUT2D eigenvalue weighted by Gasteiger charge is -2.33. The Morgan fingerprint density at radius 1 is 1.41 bits per heavy atom. The molecule has 2 rings (SSSR count). The minimum absolute atomic E-state index is 0.0248. The molecule has 0 aliphatic carbocycles. The van der Waals surface area contributed by atoms with Crippen molar-refractivity contribution >= 4 is 23.6 Å². The number of hydrogen-bond donors (Lipinski definition) is 2. The monoisotopic (exact) mass is 327 g/mol. The van der Waals surface area contributed by atoms with Crippen LogP contribution in [0, 0.1) is 5.92 Å². The average Bonchev–Trinajstić information content (AvgIpc) is 2.56. The lowest BCUT2D eigenvalue weighted by Crippen LogP contribution is -2.48. The van der Waals surface area contributed by atoms with E-state index in [1.807, 2.05) is 16.7 Å². The van der Waals surface area contributed by atoms with E-state index < -0.39 is 0 Å². The van der Waals surface area contributed by atoms with Crippen LogP contribution in [0.1, 0.15) is 39.0 Å². The van der Waals surface area contributed by atoms with Gasteiger partial charge in [-0.2, -0.15) is 11.8 Å². The van der Waals surface area contributed by atoms with Gasteiger partial charge in [-0.1, -0.05) is 13.3 Å². The van der Waals surface area contributed by atoms with Gasteiger partial charge in [-0.25, -0.2) is 0 Å². The fraction of sp³-hybridized carbons (Fsp3) is 0.875. The van der Waals surface area contributed by atoms with Crippen molar-refractivity contribution in [3.63, 3.8) is 0 Å². The second-order valence-corrected chi connectivity index (χ2v) is 7.40. The van der Waals surface area contributed by atoms with Gasteiger partial charge in [-0.15, -0.1) is 0 Å². The first-order valence-corrected chi connectivity index (χ1v) is 9.72. The molecule has 5 nitrogen and oxygen atoms in total. The smallest absolute Gasteiger partial charge is 0.224 e. The predicted octanol–water partition coefficient (Wildman–Crippen LogP) is 1.24. The van der Waals surface area contributed by atoms with E-state index in [0.717, 1.165) is 56.8 Å². The Bertz CT molecular complexity index is 372. The molecule has 0 spiro atoms. The van der Waals surface area contributed by atoms with Crippen molar-refractivity contribution in [1.82, 2.24) is 15.5 Å². The zero-order valence-electron chi connectivity index (χ0n) is 13.6. The molecular weight excluding hydrogens is 298 g/mol. The van der Waals surface area contributed by atoms with E-state index in [4.69, 9.17) is 0 Å². The van der Waals surface area contributed by atoms with Gasteiger partial charge in [0.15, 0.2) is 0 Å². The number of carbonyl (C=O) groups is 2. The Balaban J connectivity index is 1.76. The van der Waals surface area contributed by atoms with E-state index in [0.29, 0.717) is 19.0 Å². The molecule has 2 N–H and O–H groups in total. The summed E-state index contributed by atoms with van der Waals surface area (Å²) < 4.78 is 0. The SMILES string of the molecule is CCCCNC(=O)C1CCCN(C(=O)CC2CSCCN2)C1. The first-order chi connectivity index (χ1) is 10.7. The Hall–Kier alpha value is -0.750. The highest BCUT2D eigenvalue weighted by molar-refractivity contribution is 7.99. The molecule has 0 bridgehead atoms. The molecule has 0 aromatic carbocycles. The summed E-state index contributed by atoms with van der Waals surface area (Å²) in [6.45, 7) is 5.26. The van der Waals surface area contributed by atoms with E-state index in [1.54, 1.807) is 0 Å². The van der Waals surface area contributed by atoms with Crippen LogP contribution in [0.5, 0.6) is 0 Å². The molecule has 0 aromatic heterocycles. The van der Waals surface area contributed by atoms with Crippen LogP contribution in [0.2, 0.25) is 0 Å². The summed E-state index contributed by atoms with van der Waals surface area (Å²) >= 11 is 1.91. The maximum Gasteiger partial charge on any atom is 0.224 e. The molecule has 22 heavy (non-hydrogen) atoms. The first kappa shape index (κ1) is 17.6. The Morgan fingerprint density at radius 2 is 2.27 bits per heavy atom. The minimum atomic E-state index is -0.0248. The summed E-state index contributed by atoms with van der Waals surface area (Å²) in [4.78, 5) is 26.5. The van der Waals surface area contributed by atoms with Crippen molar-refractivity contribution in [2.24, 2.45) is 5.92 Å². The van der Waals surface area contributed by atoms with Gasteiger partial charge in [0, 0.05) is 50.1 Å². The second kappa shape index (κ2) is 9.40. The van der Waals surface area contributed by atoms with Crippen LogP contribution in [0.25, 0.3) is 0 Å². The third kappa shape index (κ3) is 5.47. The summed E-state index contributed by atoms with van der Waals surface area (Å²) in [5, 5.41) is 6.41. The normalized spacial score (nSPS) is 25.8. The third-order valence-corrected chi connectivity index (χ3v) is 5.52. The molecular formula is C16H29N3O2S. The van der Waals surface area contributed by atoms with Crippen LogP contribution in [-0.2, 0) is 9.59 Å². The molecule has 2 fully saturated rings. The van der Waals surface area contributed by atoms with E-state index in [1.165, 1.54) is 0 Å². The third-order valence-electron chi connectivity index (χ3n) is 4.39. The van der Waals surface area contributed by atoms with Crippen LogP contribution < -0.4 is 10.6 Å². The molecule has 2 amide bonds. The zero-order chi connectivity index (χ0) is 15.8. The second-order valence-electron chi connectivity index (χ2n) is 6.25. The summed E-state index contributed by atoms with van der Waals surface area (Å²) in [6, 6.07) is 0.296. The molecule has 2 unspecified atom stereocenters. The number of amides is 2. The summed E-state index contributed by atoms with van der Waals surface area (Å²) in [5.74, 6) is 2.45. The number of unbranched alkanes of at least 4 members (excludes halogenated alkanes) is 1. The van der Waals surface area contributed by atoms with Crippen LogP contribution >= 0.6 is 11.8 Å². The molecule has 0 aromatic rings. The van der Waals surface area contributed by atoms with Gasteiger partial charge < -0.3 is 15.5 Å². The van der Waals surface area contributed by atoms with Crippen LogP contribution in [0.15, 0.2) is 0 Å².